The van der Waals surface area contributed by atoms with E-state index in [0.717, 1.165) is 76.0 Å². The van der Waals surface area contributed by atoms with Crippen molar-refractivity contribution in [2.24, 2.45) is 0 Å². The number of fused-ring (bicyclic) bond motifs is 3. The van der Waals surface area contributed by atoms with Crippen molar-refractivity contribution < 1.29 is 14.1 Å². The lowest BCUT2D eigenvalue weighted by molar-refractivity contribution is -0.119. The Morgan fingerprint density at radius 1 is 1.15 bits per heavy atom. The van der Waals surface area contributed by atoms with E-state index in [1.165, 1.54) is 12.5 Å². The predicted molar refractivity (Wildman–Crippen MR) is 130 cm³/mol. The fourth-order valence-electron chi connectivity index (χ4n) is 5.10. The van der Waals surface area contributed by atoms with Gasteiger partial charge in [-0.1, -0.05) is 28.9 Å². The first-order valence-electron chi connectivity index (χ1n) is 11.7. The maximum atomic E-state index is 11.3. The molecule has 0 radical (unpaired) electrons. The summed E-state index contributed by atoms with van der Waals surface area (Å²) in [6.07, 6.45) is 6.59. The lowest BCUT2D eigenvalue weighted by Crippen LogP contribution is -2.18. The van der Waals surface area contributed by atoms with E-state index in [9.17, 15) is 4.79 Å². The third-order valence-corrected chi connectivity index (χ3v) is 6.94. The summed E-state index contributed by atoms with van der Waals surface area (Å²) in [7, 11) is 0. The van der Waals surface area contributed by atoms with Gasteiger partial charge in [0, 0.05) is 53.2 Å². The molecule has 1 aliphatic carbocycles. The number of nitrogens with zero attached hydrogens (tertiary/aromatic N) is 2. The number of hydrogen-bond acceptors (Lipinski definition) is 5. The van der Waals surface area contributed by atoms with Gasteiger partial charge in [-0.25, -0.2) is 0 Å². The van der Waals surface area contributed by atoms with Crippen LogP contribution in [0.4, 0.5) is 0 Å². The second-order valence-corrected chi connectivity index (χ2v) is 9.49. The van der Waals surface area contributed by atoms with Gasteiger partial charge >= 0.3 is 0 Å². The van der Waals surface area contributed by atoms with E-state index in [0.29, 0.717) is 18.0 Å². The van der Waals surface area contributed by atoms with E-state index in [-0.39, 0.29) is 12.0 Å². The number of halogens is 1. The smallest absolute Gasteiger partial charge is 0.217 e. The zero-order chi connectivity index (χ0) is 23.2. The number of ether oxygens (including phenoxy) is 1. The van der Waals surface area contributed by atoms with Crippen molar-refractivity contribution >= 4 is 28.4 Å². The first-order valence-corrected chi connectivity index (χ1v) is 12.0. The number of hydrogen-bond donors (Lipinski definition) is 1. The topological polar surface area (TPSA) is 77.2 Å². The first-order chi connectivity index (χ1) is 16.6. The van der Waals surface area contributed by atoms with Gasteiger partial charge in [-0.3, -0.25) is 9.78 Å². The van der Waals surface area contributed by atoms with Gasteiger partial charge in [0.1, 0.15) is 5.75 Å². The van der Waals surface area contributed by atoms with Gasteiger partial charge in [-0.15, -0.1) is 0 Å². The summed E-state index contributed by atoms with van der Waals surface area (Å²) in [5, 5.41) is 8.83. The van der Waals surface area contributed by atoms with Crippen LogP contribution in [-0.4, -0.2) is 16.0 Å². The Bertz CT molecular complexity index is 1430. The first kappa shape index (κ1) is 21.2. The number of amides is 1. The van der Waals surface area contributed by atoms with Crippen molar-refractivity contribution in [2.75, 3.05) is 0 Å². The molecule has 7 heteroatoms. The summed E-state index contributed by atoms with van der Waals surface area (Å²) in [4.78, 5) is 15.9. The molecule has 6 nitrogen and oxygen atoms in total. The molecule has 2 aliphatic rings. The number of carbonyl (C=O) groups is 1. The van der Waals surface area contributed by atoms with Crippen LogP contribution in [0.2, 0.25) is 5.02 Å². The molecule has 0 spiro atoms. The van der Waals surface area contributed by atoms with E-state index < -0.39 is 0 Å². The second kappa shape index (κ2) is 8.44. The molecule has 0 fully saturated rings. The van der Waals surface area contributed by atoms with Crippen LogP contribution in [0.15, 0.2) is 47.1 Å². The molecule has 2 aromatic heterocycles. The summed E-state index contributed by atoms with van der Waals surface area (Å²) < 4.78 is 12.3. The van der Waals surface area contributed by atoms with Gasteiger partial charge in [-0.2, -0.15) is 0 Å². The number of benzene rings is 2. The Morgan fingerprint density at radius 3 is 2.91 bits per heavy atom. The SMILES string of the molecule is CC(=O)NCc1ccc2c(-c3cc(Cl)cc4c3O[C@@H](c3onc5c3CCCC5)C4)ccnc2c1. The summed E-state index contributed by atoms with van der Waals surface area (Å²) in [5.74, 6) is 1.64. The van der Waals surface area contributed by atoms with Crippen molar-refractivity contribution in [3.05, 3.63) is 75.8 Å². The maximum Gasteiger partial charge on any atom is 0.217 e. The van der Waals surface area contributed by atoms with Gasteiger partial charge in [0.15, 0.2) is 11.9 Å². The third-order valence-electron chi connectivity index (χ3n) is 6.72. The molecule has 4 aromatic rings. The highest BCUT2D eigenvalue weighted by Gasteiger charge is 2.34. The Kier molecular flexibility index (Phi) is 5.26. The van der Waals surface area contributed by atoms with Gasteiger partial charge in [0.25, 0.3) is 0 Å². The quantitative estimate of drug-likeness (QED) is 0.409. The summed E-state index contributed by atoms with van der Waals surface area (Å²) in [5.41, 5.74) is 7.17. The Hall–Kier alpha value is -3.38. The molecule has 1 aliphatic heterocycles. The highest BCUT2D eigenvalue weighted by atomic mass is 35.5. The minimum atomic E-state index is -0.195. The number of aryl methyl sites for hydroxylation is 1. The van der Waals surface area contributed by atoms with E-state index in [1.807, 2.05) is 36.4 Å². The number of nitrogens with one attached hydrogen (secondary N) is 1. The van der Waals surface area contributed by atoms with Crippen molar-refractivity contribution in [1.82, 2.24) is 15.5 Å². The average molecular weight is 474 g/mol. The van der Waals surface area contributed by atoms with Crippen LogP contribution in [0.1, 0.15) is 54.0 Å². The van der Waals surface area contributed by atoms with Gasteiger partial charge < -0.3 is 14.6 Å². The molecule has 1 N–H and O–H groups in total. The molecule has 6 rings (SSSR count). The normalized spacial score (nSPS) is 16.7. The van der Waals surface area contributed by atoms with E-state index in [4.69, 9.17) is 20.9 Å². The Labute approximate surface area is 202 Å². The Balaban J connectivity index is 1.39. The molecule has 0 saturated carbocycles. The van der Waals surface area contributed by atoms with Crippen molar-refractivity contribution in [2.45, 2.75) is 51.7 Å². The zero-order valence-corrected chi connectivity index (χ0v) is 19.6. The number of rotatable bonds is 4. The number of carbonyl (C=O) groups excluding carboxylic acids is 1. The van der Waals surface area contributed by atoms with Crippen LogP contribution in [0, 0.1) is 0 Å². The summed E-state index contributed by atoms with van der Waals surface area (Å²) in [6, 6.07) is 12.0. The Morgan fingerprint density at radius 2 is 2.03 bits per heavy atom. The summed E-state index contributed by atoms with van der Waals surface area (Å²) in [6.45, 7) is 1.98. The molecule has 2 aromatic carbocycles. The number of pyridine rings is 1. The highest BCUT2D eigenvalue weighted by Crippen LogP contribution is 2.47. The lowest BCUT2D eigenvalue weighted by atomic mass is 9.93. The minimum Gasteiger partial charge on any atom is -0.481 e. The molecule has 3 heterocycles. The molecular formula is C27H24ClN3O3. The van der Waals surface area contributed by atoms with Crippen molar-refractivity contribution in [3.63, 3.8) is 0 Å². The van der Waals surface area contributed by atoms with Crippen LogP contribution in [0.3, 0.4) is 0 Å². The average Bonchev–Trinajstić information content (AvgIpc) is 3.45. The van der Waals surface area contributed by atoms with Crippen LogP contribution in [0.25, 0.3) is 22.0 Å². The van der Waals surface area contributed by atoms with E-state index in [2.05, 4.69) is 15.5 Å². The summed E-state index contributed by atoms with van der Waals surface area (Å²) >= 11 is 6.57. The van der Waals surface area contributed by atoms with Gasteiger partial charge in [0.05, 0.1) is 11.2 Å². The maximum absolute atomic E-state index is 11.3. The van der Waals surface area contributed by atoms with Crippen LogP contribution < -0.4 is 10.1 Å². The molecular weight excluding hydrogens is 450 g/mol. The zero-order valence-electron chi connectivity index (χ0n) is 18.9. The van der Waals surface area contributed by atoms with Crippen LogP contribution >= 0.6 is 11.6 Å². The van der Waals surface area contributed by atoms with Gasteiger partial charge in [0.2, 0.25) is 5.91 Å². The fraction of sp³-hybridized carbons (Fsp3) is 0.296. The monoisotopic (exact) mass is 473 g/mol. The highest BCUT2D eigenvalue weighted by molar-refractivity contribution is 6.31. The van der Waals surface area contributed by atoms with E-state index in [1.54, 1.807) is 6.20 Å². The molecule has 172 valence electrons. The largest absolute Gasteiger partial charge is 0.481 e. The van der Waals surface area contributed by atoms with Crippen LogP contribution in [-0.2, 0) is 30.6 Å². The minimum absolute atomic E-state index is 0.0592. The lowest BCUT2D eigenvalue weighted by Gasteiger charge is -2.15. The van der Waals surface area contributed by atoms with E-state index >= 15 is 0 Å². The molecule has 0 unspecified atom stereocenters. The predicted octanol–water partition coefficient (Wildman–Crippen LogP) is 5.73. The van der Waals surface area contributed by atoms with Crippen LogP contribution in [0.5, 0.6) is 5.75 Å². The van der Waals surface area contributed by atoms with Crippen molar-refractivity contribution in [1.29, 1.82) is 0 Å². The molecule has 0 bridgehead atoms. The second-order valence-electron chi connectivity index (χ2n) is 9.05. The molecule has 1 amide bonds. The standard InChI is InChI=1S/C27H24ClN3O3/c1-15(32)30-14-16-6-7-20-19(8-9-29-24(20)10-16)22-13-18(28)11-17-12-25(33-26(17)22)27-21-4-2-3-5-23(21)31-34-27/h6-11,13,25H,2-5,12,14H2,1H3,(H,30,32)/t25-/m1/s1. The number of aromatic nitrogens is 2. The fourth-order valence-corrected chi connectivity index (χ4v) is 5.34. The van der Waals surface area contributed by atoms with Gasteiger partial charge in [-0.05, 0) is 61.1 Å². The third kappa shape index (κ3) is 3.72. The molecule has 0 saturated heterocycles. The molecule has 1 atom stereocenters. The molecule has 34 heavy (non-hydrogen) atoms. The van der Waals surface area contributed by atoms with Crippen molar-refractivity contribution in [3.8, 4) is 16.9 Å².